The molecule has 39 heavy (non-hydrogen) atoms. The summed E-state index contributed by atoms with van der Waals surface area (Å²) in [5, 5.41) is 5.58. The van der Waals surface area contributed by atoms with Crippen LogP contribution in [0.5, 0.6) is 0 Å². The van der Waals surface area contributed by atoms with Crippen LogP contribution in [-0.2, 0) is 28.9 Å². The molecule has 200 valence electrons. The molecule has 0 radical (unpaired) electrons. The number of hydrogen-bond donors (Lipinski definition) is 0. The van der Waals surface area contributed by atoms with Crippen LogP contribution in [-0.4, -0.2) is 40.2 Å². The molecular formula is C31H31FN4O2S. The van der Waals surface area contributed by atoms with Crippen LogP contribution in [0.3, 0.4) is 0 Å². The van der Waals surface area contributed by atoms with Crippen molar-refractivity contribution in [3.05, 3.63) is 114 Å². The third kappa shape index (κ3) is 4.68. The molecule has 0 N–H and O–H groups in total. The van der Waals surface area contributed by atoms with E-state index in [0.29, 0.717) is 18.0 Å². The van der Waals surface area contributed by atoms with E-state index >= 15 is 0 Å². The molecule has 8 heteroatoms. The van der Waals surface area contributed by atoms with Gasteiger partial charge in [0.1, 0.15) is 5.82 Å². The summed E-state index contributed by atoms with van der Waals surface area (Å²) in [7, 11) is -1.77. The van der Waals surface area contributed by atoms with Gasteiger partial charge in [-0.05, 0) is 85.3 Å². The van der Waals surface area contributed by atoms with E-state index in [9.17, 15) is 12.8 Å². The highest BCUT2D eigenvalue weighted by atomic mass is 32.2. The number of aromatic nitrogens is 3. The van der Waals surface area contributed by atoms with E-state index in [-0.39, 0.29) is 11.2 Å². The number of aryl methyl sites for hydroxylation is 3. The molecule has 1 unspecified atom stereocenters. The Hall–Kier alpha value is -3.75. The third-order valence-electron chi connectivity index (χ3n) is 8.05. The number of nitrogens with zero attached hydrogens (tertiary/aromatic N) is 4. The molecule has 3 aromatic carbocycles. The summed E-state index contributed by atoms with van der Waals surface area (Å²) in [6.07, 6.45) is 7.69. The van der Waals surface area contributed by atoms with Crippen molar-refractivity contribution in [2.24, 2.45) is 7.05 Å². The van der Waals surface area contributed by atoms with Crippen molar-refractivity contribution in [2.45, 2.75) is 36.5 Å². The van der Waals surface area contributed by atoms with E-state index in [0.717, 1.165) is 47.0 Å². The average molecular weight is 543 g/mol. The minimum atomic E-state index is -3.61. The van der Waals surface area contributed by atoms with Crippen LogP contribution in [0.1, 0.15) is 29.5 Å². The molecule has 1 atom stereocenters. The molecular weight excluding hydrogens is 511 g/mol. The molecule has 5 aromatic rings. The first kappa shape index (κ1) is 25.5. The number of benzene rings is 3. The number of hydrogen-bond acceptors (Lipinski definition) is 3. The average Bonchev–Trinajstić information content (AvgIpc) is 3.67. The van der Waals surface area contributed by atoms with Gasteiger partial charge < -0.3 is 4.57 Å². The van der Waals surface area contributed by atoms with Gasteiger partial charge in [0.2, 0.25) is 10.0 Å². The Bertz CT molecular complexity index is 1740. The summed E-state index contributed by atoms with van der Waals surface area (Å²) in [4.78, 5) is 0.330. The fourth-order valence-electron chi connectivity index (χ4n) is 5.94. The Morgan fingerprint density at radius 2 is 1.79 bits per heavy atom. The van der Waals surface area contributed by atoms with Crippen LogP contribution in [0.2, 0.25) is 0 Å². The van der Waals surface area contributed by atoms with Gasteiger partial charge in [-0.25, -0.2) is 17.5 Å². The Labute approximate surface area is 228 Å². The maximum Gasteiger partial charge on any atom is 0.244 e. The fourth-order valence-corrected chi connectivity index (χ4v) is 7.52. The van der Waals surface area contributed by atoms with Crippen molar-refractivity contribution in [2.75, 3.05) is 13.1 Å². The van der Waals surface area contributed by atoms with E-state index in [2.05, 4.69) is 36.3 Å². The molecule has 6 nitrogen and oxygen atoms in total. The quantitative estimate of drug-likeness (QED) is 0.262. The normalized spacial score (nSPS) is 18.2. The van der Waals surface area contributed by atoms with Gasteiger partial charge in [0.15, 0.2) is 0 Å². The first-order valence-electron chi connectivity index (χ1n) is 13.2. The topological polar surface area (TPSA) is 60.1 Å². The number of halogens is 1. The van der Waals surface area contributed by atoms with E-state index in [1.807, 2.05) is 36.1 Å². The van der Waals surface area contributed by atoms with Crippen LogP contribution < -0.4 is 0 Å². The number of sulfonamides is 1. The number of rotatable bonds is 7. The minimum Gasteiger partial charge on any atom is -0.356 e. The molecule has 0 aliphatic carbocycles. The summed E-state index contributed by atoms with van der Waals surface area (Å²) < 4.78 is 45.9. The van der Waals surface area contributed by atoms with E-state index in [1.165, 1.54) is 17.7 Å². The van der Waals surface area contributed by atoms with Crippen LogP contribution in [0.15, 0.2) is 96.3 Å². The van der Waals surface area contributed by atoms with Crippen molar-refractivity contribution >= 4 is 20.9 Å². The lowest BCUT2D eigenvalue weighted by Crippen LogP contribution is -2.35. The van der Waals surface area contributed by atoms with Gasteiger partial charge in [0, 0.05) is 43.3 Å². The molecule has 0 bridgehead atoms. The standard InChI is InChI=1S/C31H31FN4O2S/c1-23-18-30-25(20-33-36(30)27-10-8-26(32)9-11-27)19-29(23)31(14-12-24-6-4-3-5-7-24)15-17-35(22-31)39(37,38)28-13-16-34(2)21-28/h3-11,13,16,18-21H,12,14-15,17,22H2,1-2H3. The van der Waals surface area contributed by atoms with Gasteiger partial charge >= 0.3 is 0 Å². The maximum atomic E-state index is 13.6. The first-order valence-corrected chi connectivity index (χ1v) is 14.6. The predicted octanol–water partition coefficient (Wildman–Crippen LogP) is 5.78. The minimum absolute atomic E-state index is 0.287. The Morgan fingerprint density at radius 1 is 1.03 bits per heavy atom. The molecule has 0 spiro atoms. The fraction of sp³-hybridized carbons (Fsp3) is 0.258. The molecule has 1 aliphatic rings. The summed E-state index contributed by atoms with van der Waals surface area (Å²) in [5.41, 5.74) is 4.89. The zero-order valence-electron chi connectivity index (χ0n) is 22.1. The lowest BCUT2D eigenvalue weighted by atomic mass is 9.73. The molecule has 6 rings (SSSR count). The molecule has 0 saturated carbocycles. The summed E-state index contributed by atoms with van der Waals surface area (Å²) >= 11 is 0. The Morgan fingerprint density at radius 3 is 2.51 bits per heavy atom. The molecule has 0 amide bonds. The summed E-state index contributed by atoms with van der Waals surface area (Å²) in [5.74, 6) is -0.287. The van der Waals surface area contributed by atoms with Crippen LogP contribution in [0.4, 0.5) is 4.39 Å². The lowest BCUT2D eigenvalue weighted by Gasteiger charge is -2.32. The van der Waals surface area contributed by atoms with E-state index in [4.69, 9.17) is 0 Å². The molecule has 1 fully saturated rings. The Balaban J connectivity index is 1.40. The van der Waals surface area contributed by atoms with Crippen molar-refractivity contribution in [3.63, 3.8) is 0 Å². The van der Waals surface area contributed by atoms with Crippen molar-refractivity contribution in [3.8, 4) is 5.69 Å². The van der Waals surface area contributed by atoms with Crippen molar-refractivity contribution in [1.29, 1.82) is 0 Å². The first-order chi connectivity index (χ1) is 18.7. The molecule has 1 saturated heterocycles. The second kappa shape index (κ2) is 9.77. The SMILES string of the molecule is Cc1cc2c(cnn2-c2ccc(F)cc2)cc1C1(CCc2ccccc2)CCN(S(=O)(=O)c2ccn(C)c2)C1. The van der Waals surface area contributed by atoms with Gasteiger partial charge in [-0.3, -0.25) is 0 Å². The molecule has 3 heterocycles. The second-order valence-electron chi connectivity index (χ2n) is 10.6. The van der Waals surface area contributed by atoms with Gasteiger partial charge in [-0.15, -0.1) is 0 Å². The van der Waals surface area contributed by atoms with Crippen molar-refractivity contribution in [1.82, 2.24) is 18.7 Å². The van der Waals surface area contributed by atoms with Crippen LogP contribution in [0.25, 0.3) is 16.6 Å². The monoisotopic (exact) mass is 542 g/mol. The summed E-state index contributed by atoms with van der Waals surface area (Å²) in [6, 6.07) is 22.6. The maximum absolute atomic E-state index is 13.6. The van der Waals surface area contributed by atoms with Gasteiger partial charge in [0.05, 0.1) is 22.3 Å². The molecule has 2 aromatic heterocycles. The highest BCUT2D eigenvalue weighted by Crippen LogP contribution is 2.43. The zero-order valence-corrected chi connectivity index (χ0v) is 22.9. The van der Waals surface area contributed by atoms with Gasteiger partial charge in [-0.1, -0.05) is 30.3 Å². The molecule has 1 aliphatic heterocycles. The lowest BCUT2D eigenvalue weighted by molar-refractivity contribution is 0.393. The zero-order chi connectivity index (χ0) is 27.2. The van der Waals surface area contributed by atoms with Crippen LogP contribution in [0, 0.1) is 12.7 Å². The largest absolute Gasteiger partial charge is 0.356 e. The highest BCUT2D eigenvalue weighted by Gasteiger charge is 2.44. The van der Waals surface area contributed by atoms with E-state index < -0.39 is 10.0 Å². The smallest absolute Gasteiger partial charge is 0.244 e. The van der Waals surface area contributed by atoms with Gasteiger partial charge in [0.25, 0.3) is 0 Å². The Kier molecular flexibility index (Phi) is 6.40. The van der Waals surface area contributed by atoms with Gasteiger partial charge in [-0.2, -0.15) is 9.40 Å². The van der Waals surface area contributed by atoms with E-state index in [1.54, 1.807) is 39.5 Å². The predicted molar refractivity (Wildman–Crippen MR) is 151 cm³/mol. The summed E-state index contributed by atoms with van der Waals surface area (Å²) in [6.45, 7) is 2.99. The highest BCUT2D eigenvalue weighted by molar-refractivity contribution is 7.89. The van der Waals surface area contributed by atoms with Crippen LogP contribution >= 0.6 is 0 Å². The third-order valence-corrected chi connectivity index (χ3v) is 9.88. The number of fused-ring (bicyclic) bond motifs is 1. The van der Waals surface area contributed by atoms with Crippen molar-refractivity contribution < 1.29 is 12.8 Å². The second-order valence-corrected chi connectivity index (χ2v) is 12.6.